The summed E-state index contributed by atoms with van der Waals surface area (Å²) in [5, 5.41) is 3.42. The van der Waals surface area contributed by atoms with Crippen LogP contribution in [-0.4, -0.2) is 73.9 Å². The Labute approximate surface area is 181 Å². The zero-order chi connectivity index (χ0) is 22.1. The van der Waals surface area contributed by atoms with Crippen molar-refractivity contribution in [3.63, 3.8) is 0 Å². The topological polar surface area (TPSA) is 74.1 Å². The van der Waals surface area contributed by atoms with Crippen molar-refractivity contribution < 1.29 is 9.53 Å². The normalized spacial score (nSPS) is 18.6. The first-order valence-electron chi connectivity index (χ1n) is 11.1. The van der Waals surface area contributed by atoms with Gasteiger partial charge < -0.3 is 25.6 Å². The maximum absolute atomic E-state index is 12.4. The summed E-state index contributed by atoms with van der Waals surface area (Å²) in [6.45, 7) is 20.3. The summed E-state index contributed by atoms with van der Waals surface area (Å²) in [6, 6.07) is 0. The van der Waals surface area contributed by atoms with Crippen molar-refractivity contribution in [3.8, 4) is 0 Å². The molecule has 0 radical (unpaired) electrons. The summed E-state index contributed by atoms with van der Waals surface area (Å²) >= 11 is 0. The highest BCUT2D eigenvalue weighted by Gasteiger charge is 2.28. The van der Waals surface area contributed by atoms with Gasteiger partial charge in [0, 0.05) is 70.3 Å². The van der Waals surface area contributed by atoms with Crippen LogP contribution in [0.15, 0.2) is 0 Å². The number of rotatable bonds is 3. The Morgan fingerprint density at radius 1 is 0.967 bits per heavy atom. The number of nitrogen functional groups attached to an aromatic ring is 1. The molecule has 0 bridgehead atoms. The highest BCUT2D eigenvalue weighted by atomic mass is 16.6. The van der Waals surface area contributed by atoms with Gasteiger partial charge in [0.2, 0.25) is 0 Å². The van der Waals surface area contributed by atoms with Crippen molar-refractivity contribution in [2.75, 3.05) is 63.0 Å². The molecule has 3 rings (SSSR count). The maximum atomic E-state index is 12.4. The molecule has 0 aliphatic carbocycles. The number of ether oxygens (including phenoxy) is 1. The quantitative estimate of drug-likeness (QED) is 0.737. The predicted octanol–water partition coefficient (Wildman–Crippen LogP) is 2.66. The summed E-state index contributed by atoms with van der Waals surface area (Å²) in [4.78, 5) is 19.1. The summed E-state index contributed by atoms with van der Waals surface area (Å²) in [5.74, 6) is 0. The Bertz CT molecular complexity index is 773. The highest BCUT2D eigenvalue weighted by Crippen LogP contribution is 2.36. The monoisotopic (exact) mass is 417 g/mol. The second-order valence-electron chi connectivity index (χ2n) is 9.60. The van der Waals surface area contributed by atoms with E-state index < -0.39 is 5.60 Å². The third-order valence-electron chi connectivity index (χ3n) is 6.26. The van der Waals surface area contributed by atoms with E-state index in [0.29, 0.717) is 13.1 Å². The Morgan fingerprint density at radius 2 is 1.57 bits per heavy atom. The van der Waals surface area contributed by atoms with E-state index in [4.69, 9.17) is 10.5 Å². The zero-order valence-corrected chi connectivity index (χ0v) is 19.6. The molecule has 3 N–H and O–H groups in total. The van der Waals surface area contributed by atoms with Crippen LogP contribution in [0, 0.1) is 20.8 Å². The number of anilines is 2. The van der Waals surface area contributed by atoms with Gasteiger partial charge in [-0.1, -0.05) is 0 Å². The fraction of sp³-hybridized carbons (Fsp3) is 0.696. The molecule has 0 aromatic heterocycles. The van der Waals surface area contributed by atoms with Crippen LogP contribution in [0.1, 0.15) is 43.0 Å². The van der Waals surface area contributed by atoms with Gasteiger partial charge in [0.25, 0.3) is 0 Å². The number of nitrogens with zero attached hydrogens (tertiary/aromatic N) is 3. The molecule has 0 spiro atoms. The minimum Gasteiger partial charge on any atom is -0.444 e. The highest BCUT2D eigenvalue weighted by molar-refractivity contribution is 5.75. The maximum Gasteiger partial charge on any atom is 0.410 e. The van der Waals surface area contributed by atoms with Gasteiger partial charge in [-0.05, 0) is 63.8 Å². The molecule has 0 atom stereocenters. The van der Waals surface area contributed by atoms with Crippen molar-refractivity contribution in [1.29, 1.82) is 0 Å². The second kappa shape index (κ2) is 9.02. The van der Waals surface area contributed by atoms with Crippen molar-refractivity contribution in [2.24, 2.45) is 0 Å². The van der Waals surface area contributed by atoms with Crippen LogP contribution in [0.3, 0.4) is 0 Å². The standard InChI is InChI=1S/C23H39N5O2/c1-16-19(15-26-9-7-25-8-10-26)17(2)21(18(3)20(16)24)27-11-13-28(14-12-27)22(29)30-23(4,5)6/h25H,7-15,24H2,1-6H3. The lowest BCUT2D eigenvalue weighted by atomic mass is 9.93. The molecule has 30 heavy (non-hydrogen) atoms. The molecule has 7 nitrogen and oxygen atoms in total. The van der Waals surface area contributed by atoms with Gasteiger partial charge in [-0.15, -0.1) is 0 Å². The third kappa shape index (κ3) is 5.01. The fourth-order valence-electron chi connectivity index (χ4n) is 4.52. The number of hydrogen-bond acceptors (Lipinski definition) is 6. The average molecular weight is 418 g/mol. The molecule has 2 fully saturated rings. The number of carbonyl (C=O) groups excluding carboxylic acids is 1. The van der Waals surface area contributed by atoms with Crippen molar-refractivity contribution in [3.05, 3.63) is 22.3 Å². The van der Waals surface area contributed by atoms with Crippen LogP contribution in [0.2, 0.25) is 0 Å². The SMILES string of the molecule is Cc1c(N)c(C)c(N2CCN(C(=O)OC(C)(C)C)CC2)c(C)c1CN1CCNCC1. The minimum absolute atomic E-state index is 0.224. The summed E-state index contributed by atoms with van der Waals surface area (Å²) in [6.07, 6.45) is -0.224. The lowest BCUT2D eigenvalue weighted by Crippen LogP contribution is -2.50. The molecule has 1 aromatic carbocycles. The first-order chi connectivity index (χ1) is 14.1. The Hall–Kier alpha value is -1.99. The number of hydrogen-bond donors (Lipinski definition) is 2. The largest absolute Gasteiger partial charge is 0.444 e. The Balaban J connectivity index is 1.78. The number of piperazine rings is 2. The van der Waals surface area contributed by atoms with Crippen LogP contribution < -0.4 is 16.0 Å². The second-order valence-corrected chi connectivity index (χ2v) is 9.60. The number of nitrogens with two attached hydrogens (primary N) is 1. The number of benzene rings is 1. The van der Waals surface area contributed by atoms with Gasteiger partial charge in [0.15, 0.2) is 0 Å². The van der Waals surface area contributed by atoms with Crippen molar-refractivity contribution in [1.82, 2.24) is 15.1 Å². The molecule has 168 valence electrons. The van der Waals surface area contributed by atoms with Crippen LogP contribution in [0.4, 0.5) is 16.2 Å². The molecule has 2 aliphatic rings. The fourth-order valence-corrected chi connectivity index (χ4v) is 4.52. The van der Waals surface area contributed by atoms with E-state index >= 15 is 0 Å². The molecular formula is C23H39N5O2. The minimum atomic E-state index is -0.467. The molecule has 0 unspecified atom stereocenters. The Kier molecular flexibility index (Phi) is 6.82. The van der Waals surface area contributed by atoms with E-state index in [1.54, 1.807) is 0 Å². The van der Waals surface area contributed by atoms with Gasteiger partial charge in [0.05, 0.1) is 0 Å². The molecule has 2 heterocycles. The van der Waals surface area contributed by atoms with Crippen LogP contribution in [0.5, 0.6) is 0 Å². The van der Waals surface area contributed by atoms with Gasteiger partial charge in [-0.2, -0.15) is 0 Å². The molecule has 1 amide bonds. The number of nitrogens with one attached hydrogen (secondary N) is 1. The molecule has 0 saturated carbocycles. The van der Waals surface area contributed by atoms with Gasteiger partial charge in [0.1, 0.15) is 5.60 Å². The Morgan fingerprint density at radius 3 is 2.13 bits per heavy atom. The lowest BCUT2D eigenvalue weighted by molar-refractivity contribution is 0.0240. The van der Waals surface area contributed by atoms with Gasteiger partial charge >= 0.3 is 6.09 Å². The van der Waals surface area contributed by atoms with Crippen molar-refractivity contribution in [2.45, 2.75) is 53.7 Å². The third-order valence-corrected chi connectivity index (χ3v) is 6.26. The molecule has 7 heteroatoms. The van der Waals surface area contributed by atoms with E-state index in [-0.39, 0.29) is 6.09 Å². The van der Waals surface area contributed by atoms with E-state index in [2.05, 4.69) is 35.9 Å². The summed E-state index contributed by atoms with van der Waals surface area (Å²) in [7, 11) is 0. The van der Waals surface area contributed by atoms with Gasteiger partial charge in [-0.3, -0.25) is 4.90 Å². The van der Waals surface area contributed by atoms with Crippen LogP contribution in [0.25, 0.3) is 0 Å². The van der Waals surface area contributed by atoms with Crippen molar-refractivity contribution >= 4 is 17.5 Å². The first-order valence-corrected chi connectivity index (χ1v) is 11.1. The van der Waals surface area contributed by atoms with Crippen LogP contribution >= 0.6 is 0 Å². The molecular weight excluding hydrogens is 378 g/mol. The van der Waals surface area contributed by atoms with Gasteiger partial charge in [-0.25, -0.2) is 4.79 Å². The van der Waals surface area contributed by atoms with E-state index in [1.807, 2.05) is 25.7 Å². The lowest BCUT2D eigenvalue weighted by Gasteiger charge is -2.39. The predicted molar refractivity (Wildman–Crippen MR) is 123 cm³/mol. The summed E-state index contributed by atoms with van der Waals surface area (Å²) < 4.78 is 5.54. The average Bonchev–Trinajstić information content (AvgIpc) is 2.70. The molecule has 1 aromatic rings. The smallest absolute Gasteiger partial charge is 0.410 e. The summed E-state index contributed by atoms with van der Waals surface area (Å²) in [5.41, 5.74) is 13.3. The zero-order valence-electron chi connectivity index (χ0n) is 19.6. The first kappa shape index (κ1) is 22.7. The van der Waals surface area contributed by atoms with Crippen LogP contribution in [-0.2, 0) is 11.3 Å². The number of carbonyl (C=O) groups is 1. The van der Waals surface area contributed by atoms with E-state index in [1.165, 1.54) is 22.4 Å². The molecule has 2 aliphatic heterocycles. The molecule has 2 saturated heterocycles. The van der Waals surface area contributed by atoms with E-state index in [9.17, 15) is 4.79 Å². The van der Waals surface area contributed by atoms with E-state index in [0.717, 1.165) is 57.1 Å². The number of amides is 1.